The highest BCUT2D eigenvalue weighted by molar-refractivity contribution is 7.26. The maximum Gasteiger partial charge on any atom is 0.164 e. The molecule has 20 aromatic carbocycles. The molecule has 0 atom stereocenters. The minimum atomic E-state index is 0.636. The lowest BCUT2D eigenvalue weighted by Gasteiger charge is -2.15. The van der Waals surface area contributed by atoms with Crippen LogP contribution in [0.5, 0.6) is 0 Å². The molecule has 0 aliphatic carbocycles. The first-order valence-electron chi connectivity index (χ1n) is 44.5. The van der Waals surface area contributed by atoms with E-state index in [2.05, 4.69) is 358 Å². The van der Waals surface area contributed by atoms with Gasteiger partial charge in [-0.1, -0.05) is 309 Å². The van der Waals surface area contributed by atoms with Crippen molar-refractivity contribution in [3.8, 4) is 102 Å². The molecule has 0 spiro atoms. The summed E-state index contributed by atoms with van der Waals surface area (Å²) in [4.78, 5) is 30.0. The molecule has 0 saturated carbocycles. The molecule has 0 aliphatic heterocycles. The number of thiophene rings is 2. The third kappa shape index (κ3) is 12.2. The summed E-state index contributed by atoms with van der Waals surface area (Å²) < 4.78 is 15.0. The van der Waals surface area contributed by atoms with E-state index in [4.69, 9.17) is 29.9 Å². The van der Waals surface area contributed by atoms with E-state index >= 15 is 0 Å². The molecular formula is C120H72N10S2. The SMILES string of the molecule is c1ccc(-c2nc(-c3ccccc3)nc(-c3ccc(-c4ccc(-n5c6ccccc6c6cc(-n7c8ccccc8c8cc9sc%10ccccc%10c9cc87)ccc65)cc4)cc3)n2)cc1.c1ccc(-c2nc(-c3ccccc3)nc(-c3ccc4c5ccccc5c5ccc(-n6c7ccccc7c7cc(-n8c9ccccc9c9cc%10sc%11ccccc%11c%10cc98)ccc76)cc5c4c3)n2)cc1. The van der Waals surface area contributed by atoms with Gasteiger partial charge in [0, 0.05) is 140 Å². The van der Waals surface area contributed by atoms with E-state index in [0.717, 1.165) is 83.7 Å². The lowest BCUT2D eigenvalue weighted by Crippen LogP contribution is -2.00. The topological polar surface area (TPSA) is 97.1 Å². The Morgan fingerprint density at radius 3 is 0.780 bits per heavy atom. The number of benzene rings is 20. The summed E-state index contributed by atoms with van der Waals surface area (Å²) in [7, 11) is 0. The zero-order valence-electron chi connectivity index (χ0n) is 70.9. The number of fused-ring (bicyclic) bond motifs is 24. The van der Waals surface area contributed by atoms with Gasteiger partial charge < -0.3 is 18.3 Å². The van der Waals surface area contributed by atoms with Gasteiger partial charge in [-0.2, -0.15) is 0 Å². The number of aromatic nitrogens is 10. The van der Waals surface area contributed by atoms with Gasteiger partial charge in [0.05, 0.1) is 44.1 Å². The second-order valence-corrected chi connectivity index (χ2v) is 36.1. The van der Waals surface area contributed by atoms with E-state index in [0.29, 0.717) is 34.9 Å². The van der Waals surface area contributed by atoms with Gasteiger partial charge in [-0.25, -0.2) is 29.9 Å². The van der Waals surface area contributed by atoms with Gasteiger partial charge >= 0.3 is 0 Å². The monoisotopic (exact) mass is 1720 g/mol. The smallest absolute Gasteiger partial charge is 0.164 e. The molecule has 0 aliphatic rings. The van der Waals surface area contributed by atoms with Crippen LogP contribution in [0.3, 0.4) is 0 Å². The van der Waals surface area contributed by atoms with Gasteiger partial charge in [-0.05, 0) is 171 Å². The van der Waals surface area contributed by atoms with Crippen molar-refractivity contribution < 1.29 is 0 Å². The first-order valence-corrected chi connectivity index (χ1v) is 46.2. The summed E-state index contributed by atoms with van der Waals surface area (Å²) in [5.41, 5.74) is 22.0. The van der Waals surface area contributed by atoms with Gasteiger partial charge in [0.25, 0.3) is 0 Å². The number of hydrogen-bond acceptors (Lipinski definition) is 8. The fourth-order valence-corrected chi connectivity index (χ4v) is 22.7. The number of nitrogens with zero attached hydrogens (tertiary/aromatic N) is 10. The molecule has 0 amide bonds. The van der Waals surface area contributed by atoms with E-state index in [-0.39, 0.29) is 0 Å². The first kappa shape index (κ1) is 75.0. The van der Waals surface area contributed by atoms with Crippen LogP contribution in [-0.4, -0.2) is 48.2 Å². The predicted octanol–water partition coefficient (Wildman–Crippen LogP) is 32.0. The minimum absolute atomic E-state index is 0.636. The summed E-state index contributed by atoms with van der Waals surface area (Å²) >= 11 is 3.75. The number of para-hydroxylation sites is 4. The molecule has 28 aromatic rings. The molecule has 132 heavy (non-hydrogen) atoms. The quantitative estimate of drug-likeness (QED) is 0.120. The Morgan fingerprint density at radius 1 is 0.129 bits per heavy atom. The third-order valence-corrected chi connectivity index (χ3v) is 28.8. The second-order valence-electron chi connectivity index (χ2n) is 34.0. The van der Waals surface area contributed by atoms with Gasteiger partial charge in [-0.3, -0.25) is 0 Å². The van der Waals surface area contributed by atoms with Crippen LogP contribution in [0.2, 0.25) is 0 Å². The van der Waals surface area contributed by atoms with Gasteiger partial charge in [0.2, 0.25) is 0 Å². The summed E-state index contributed by atoms with van der Waals surface area (Å²) in [5.74, 6) is 3.88. The zero-order chi connectivity index (χ0) is 86.6. The molecule has 8 aromatic heterocycles. The van der Waals surface area contributed by atoms with Crippen LogP contribution in [0.15, 0.2) is 437 Å². The molecule has 0 saturated heterocycles. The summed E-state index contributed by atoms with van der Waals surface area (Å²) in [5, 5.41) is 22.3. The maximum absolute atomic E-state index is 5.13. The van der Waals surface area contributed by atoms with Crippen LogP contribution in [0.4, 0.5) is 0 Å². The Balaban J connectivity index is 0.000000136. The fraction of sp³-hybridized carbons (Fsp3) is 0. The first-order chi connectivity index (χ1) is 65.4. The molecule has 0 fully saturated rings. The Bertz CT molecular complexity index is 9470. The molecular weight excluding hydrogens is 1650 g/mol. The van der Waals surface area contributed by atoms with E-state index in [1.807, 2.05) is 120 Å². The van der Waals surface area contributed by atoms with Crippen molar-refractivity contribution in [3.05, 3.63) is 437 Å². The fourth-order valence-electron chi connectivity index (χ4n) is 20.4. The van der Waals surface area contributed by atoms with E-state index in [1.54, 1.807) is 0 Å². The van der Waals surface area contributed by atoms with E-state index < -0.39 is 0 Å². The maximum atomic E-state index is 5.13. The van der Waals surface area contributed by atoms with Crippen LogP contribution in [0.1, 0.15) is 0 Å². The lowest BCUT2D eigenvalue weighted by molar-refractivity contribution is 1.07. The molecule has 0 unspecified atom stereocenters. The van der Waals surface area contributed by atoms with Crippen LogP contribution in [-0.2, 0) is 0 Å². The molecule has 0 radical (unpaired) electrons. The van der Waals surface area contributed by atoms with Crippen molar-refractivity contribution in [1.29, 1.82) is 0 Å². The van der Waals surface area contributed by atoms with Crippen molar-refractivity contribution in [2.45, 2.75) is 0 Å². The Hall–Kier alpha value is -17.2. The van der Waals surface area contributed by atoms with Crippen molar-refractivity contribution in [3.63, 3.8) is 0 Å². The van der Waals surface area contributed by atoms with Crippen LogP contribution >= 0.6 is 22.7 Å². The molecule has 12 heteroatoms. The average molecular weight is 1720 g/mol. The Labute approximate surface area is 764 Å². The third-order valence-electron chi connectivity index (χ3n) is 26.5. The van der Waals surface area contributed by atoms with Crippen molar-refractivity contribution in [2.75, 3.05) is 0 Å². The van der Waals surface area contributed by atoms with Crippen LogP contribution in [0, 0.1) is 0 Å². The predicted molar refractivity (Wildman–Crippen MR) is 553 cm³/mol. The average Bonchev–Trinajstić information content (AvgIpc) is 1.64. The van der Waals surface area contributed by atoms with Gasteiger partial charge in [0.1, 0.15) is 0 Å². The number of rotatable bonds is 11. The highest BCUT2D eigenvalue weighted by Gasteiger charge is 2.25. The normalized spacial score (nSPS) is 11.9. The second kappa shape index (κ2) is 30.3. The summed E-state index contributed by atoms with van der Waals surface area (Å²) in [6, 6.07) is 157. The largest absolute Gasteiger partial charge is 0.309 e. The molecule has 0 N–H and O–H groups in total. The number of hydrogen-bond donors (Lipinski definition) is 0. The van der Waals surface area contributed by atoms with Gasteiger partial charge in [0.15, 0.2) is 34.9 Å². The van der Waals surface area contributed by atoms with Crippen LogP contribution < -0.4 is 0 Å². The van der Waals surface area contributed by atoms with Crippen molar-refractivity contribution >= 4 is 183 Å². The highest BCUT2D eigenvalue weighted by atomic mass is 32.1. The standard InChI is InChI=1S/C63H37N5S.C57H35N5S/c1-3-15-38(16-4-1)61-64-62(39-17-5-2-6-18-39)66-63(65-61)40-27-30-45-43-19-7-8-20-44(43)46-31-28-41(34-51(46)50(45)33-40)67-55-24-12-9-21-47(55)52-35-42(29-32-57(52)67)68-56-25-13-10-22-48(56)53-37-60-54(36-58(53)68)49-23-11-14-26-59(49)69-60;1-3-13-38(14-4-1)55-58-56(39-15-5-2-6-16-39)60-57(59-55)40-25-23-36(24-26-40)37-27-29-41(30-28-37)61-49-20-10-7-17-43(49)46-33-42(31-32-51(46)61)62-50-21-11-8-18-44(50)47-35-54-48(34-52(47)62)45-19-9-12-22-53(45)63-54/h1-37H;1-35H. The molecule has 8 heterocycles. The molecule has 0 bridgehead atoms. The minimum Gasteiger partial charge on any atom is -0.309 e. The molecule has 614 valence electrons. The van der Waals surface area contributed by atoms with Crippen molar-refractivity contribution in [1.82, 2.24) is 48.2 Å². The van der Waals surface area contributed by atoms with Crippen molar-refractivity contribution in [2.24, 2.45) is 0 Å². The molecule has 28 rings (SSSR count). The zero-order valence-corrected chi connectivity index (χ0v) is 72.5. The summed E-state index contributed by atoms with van der Waals surface area (Å²) in [6.45, 7) is 0. The molecule has 10 nitrogen and oxygen atoms in total. The summed E-state index contributed by atoms with van der Waals surface area (Å²) in [6.07, 6.45) is 0. The Kier molecular flexibility index (Phi) is 17.2. The van der Waals surface area contributed by atoms with E-state index in [9.17, 15) is 0 Å². The van der Waals surface area contributed by atoms with Gasteiger partial charge in [-0.15, -0.1) is 22.7 Å². The highest BCUT2D eigenvalue weighted by Crippen LogP contribution is 2.47. The van der Waals surface area contributed by atoms with Crippen LogP contribution in [0.25, 0.3) is 262 Å². The lowest BCUT2D eigenvalue weighted by atomic mass is 9.93. The Morgan fingerprint density at radius 2 is 0.379 bits per heavy atom. The van der Waals surface area contributed by atoms with E-state index in [1.165, 1.54) is 143 Å².